The normalized spacial score (nSPS) is 10.6. The molecule has 1 N–H and O–H groups in total. The second kappa shape index (κ2) is 9.53. The Morgan fingerprint density at radius 1 is 1.22 bits per heavy atom. The van der Waals surface area contributed by atoms with Crippen LogP contribution in [0.3, 0.4) is 0 Å². The summed E-state index contributed by atoms with van der Waals surface area (Å²) >= 11 is 2.93. The van der Waals surface area contributed by atoms with Gasteiger partial charge in [0.1, 0.15) is 15.9 Å². The summed E-state index contributed by atoms with van der Waals surface area (Å²) in [5.74, 6) is 0.941. The fraction of sp³-hybridized carbons (Fsp3) is 0.200. The van der Waals surface area contributed by atoms with Crippen LogP contribution in [0.5, 0.6) is 5.75 Å². The number of hydrogen-bond acceptors (Lipinski definition) is 5. The van der Waals surface area contributed by atoms with Crippen molar-refractivity contribution in [2.45, 2.75) is 23.4 Å². The molecule has 1 aromatic heterocycles. The summed E-state index contributed by atoms with van der Waals surface area (Å²) in [6, 6.07) is 14.0. The number of rotatable bonds is 8. The molecule has 7 heteroatoms. The quantitative estimate of drug-likeness (QED) is 0.529. The third-order valence-corrected chi connectivity index (χ3v) is 5.75. The Kier molecular flexibility index (Phi) is 6.84. The summed E-state index contributed by atoms with van der Waals surface area (Å²) in [6.07, 6.45) is 0.198. The number of hydrogen-bond donors (Lipinski definition) is 1. The highest BCUT2D eigenvalue weighted by Crippen LogP contribution is 2.27. The van der Waals surface area contributed by atoms with Gasteiger partial charge >= 0.3 is 0 Å². The van der Waals surface area contributed by atoms with Crippen molar-refractivity contribution in [1.82, 2.24) is 4.98 Å². The third-order valence-electron chi connectivity index (χ3n) is 3.63. The van der Waals surface area contributed by atoms with E-state index in [1.54, 1.807) is 24.3 Å². The van der Waals surface area contributed by atoms with Crippen LogP contribution in [0.15, 0.2) is 58.3 Å². The van der Waals surface area contributed by atoms with Gasteiger partial charge in [0, 0.05) is 16.8 Å². The van der Waals surface area contributed by atoms with Crippen molar-refractivity contribution in [3.8, 4) is 5.75 Å². The average Bonchev–Trinajstić information content (AvgIpc) is 3.10. The lowest BCUT2D eigenvalue weighted by Gasteiger charge is -2.06. The van der Waals surface area contributed by atoms with Crippen LogP contribution in [0.25, 0.3) is 0 Å². The Morgan fingerprint density at radius 2 is 2.00 bits per heavy atom. The van der Waals surface area contributed by atoms with Crippen LogP contribution in [0.4, 0.5) is 10.1 Å². The summed E-state index contributed by atoms with van der Waals surface area (Å²) in [7, 11) is 0. The highest BCUT2D eigenvalue weighted by Gasteiger charge is 2.10. The number of aromatic nitrogens is 1. The van der Waals surface area contributed by atoms with Gasteiger partial charge in [0.15, 0.2) is 0 Å². The van der Waals surface area contributed by atoms with Crippen LogP contribution >= 0.6 is 23.1 Å². The molecule has 0 radical (unpaired) electrons. The van der Waals surface area contributed by atoms with Gasteiger partial charge in [0.2, 0.25) is 5.91 Å². The van der Waals surface area contributed by atoms with E-state index in [1.807, 2.05) is 30.5 Å². The van der Waals surface area contributed by atoms with E-state index in [-0.39, 0.29) is 18.1 Å². The fourth-order valence-corrected chi connectivity index (χ4v) is 4.19. The largest absolute Gasteiger partial charge is 0.494 e. The molecule has 0 spiro atoms. The Morgan fingerprint density at radius 3 is 2.74 bits per heavy atom. The summed E-state index contributed by atoms with van der Waals surface area (Å²) in [5.41, 5.74) is 2.07. The molecule has 2 aromatic carbocycles. The minimum Gasteiger partial charge on any atom is -0.494 e. The highest BCUT2D eigenvalue weighted by molar-refractivity contribution is 8.00. The number of benzene rings is 2. The molecule has 27 heavy (non-hydrogen) atoms. The number of thioether (sulfide) groups is 1. The molecule has 0 saturated carbocycles. The van der Waals surface area contributed by atoms with Crippen molar-refractivity contribution >= 4 is 34.7 Å². The maximum absolute atomic E-state index is 13.7. The van der Waals surface area contributed by atoms with Crippen LogP contribution in [-0.4, -0.2) is 17.5 Å². The highest BCUT2D eigenvalue weighted by atomic mass is 32.2. The first-order valence-electron chi connectivity index (χ1n) is 8.47. The van der Waals surface area contributed by atoms with Crippen molar-refractivity contribution < 1.29 is 13.9 Å². The first-order chi connectivity index (χ1) is 13.1. The van der Waals surface area contributed by atoms with Gasteiger partial charge in [-0.15, -0.1) is 11.3 Å². The molecular formula is C20H19FN2O2S2. The van der Waals surface area contributed by atoms with E-state index >= 15 is 0 Å². The topological polar surface area (TPSA) is 51.2 Å². The Balaban J connectivity index is 1.51. The standard InChI is InChI=1S/C20H19FN2O2S2/c1-2-25-17-9-7-15(8-10-17)22-19(24)11-16-13-27-20(23-16)26-12-14-5-3-4-6-18(14)21/h3-10,13H,2,11-12H2,1H3,(H,22,24). The maximum atomic E-state index is 13.7. The molecule has 4 nitrogen and oxygen atoms in total. The van der Waals surface area contributed by atoms with Crippen molar-refractivity contribution in [2.24, 2.45) is 0 Å². The summed E-state index contributed by atoms with van der Waals surface area (Å²) < 4.78 is 19.9. The molecule has 0 aliphatic rings. The molecule has 0 bridgehead atoms. The monoisotopic (exact) mass is 402 g/mol. The second-order valence-electron chi connectivity index (χ2n) is 5.67. The Labute approximate surface area is 165 Å². The molecule has 140 valence electrons. The van der Waals surface area contributed by atoms with Gasteiger partial charge in [0.05, 0.1) is 18.7 Å². The van der Waals surface area contributed by atoms with Gasteiger partial charge < -0.3 is 10.1 Å². The average molecular weight is 403 g/mol. The van der Waals surface area contributed by atoms with Crippen molar-refractivity contribution in [3.63, 3.8) is 0 Å². The fourth-order valence-electron chi connectivity index (χ4n) is 2.36. The number of halogens is 1. The SMILES string of the molecule is CCOc1ccc(NC(=O)Cc2csc(SCc3ccccc3F)n2)cc1. The van der Waals surface area contributed by atoms with Gasteiger partial charge in [-0.25, -0.2) is 9.37 Å². The van der Waals surface area contributed by atoms with E-state index < -0.39 is 0 Å². The molecular weight excluding hydrogens is 383 g/mol. The van der Waals surface area contributed by atoms with E-state index in [9.17, 15) is 9.18 Å². The van der Waals surface area contributed by atoms with Gasteiger partial charge in [0.25, 0.3) is 0 Å². The molecule has 3 aromatic rings. The summed E-state index contributed by atoms with van der Waals surface area (Å²) in [6.45, 7) is 2.53. The molecule has 0 aliphatic heterocycles. The van der Waals surface area contributed by atoms with E-state index in [1.165, 1.54) is 29.2 Å². The zero-order valence-electron chi connectivity index (χ0n) is 14.8. The lowest BCUT2D eigenvalue weighted by atomic mass is 10.2. The number of nitrogens with zero attached hydrogens (tertiary/aromatic N) is 1. The number of thiazole rings is 1. The lowest BCUT2D eigenvalue weighted by molar-refractivity contribution is -0.115. The second-order valence-corrected chi connectivity index (χ2v) is 7.75. The molecule has 0 aliphatic carbocycles. The zero-order chi connectivity index (χ0) is 19.1. The Bertz CT molecular complexity index is 897. The van der Waals surface area contributed by atoms with Crippen molar-refractivity contribution in [3.05, 3.63) is 71.0 Å². The number of anilines is 1. The van der Waals surface area contributed by atoms with Gasteiger partial charge in [-0.1, -0.05) is 30.0 Å². The molecule has 0 atom stereocenters. The van der Waals surface area contributed by atoms with Gasteiger partial charge in [-0.2, -0.15) is 0 Å². The molecule has 0 unspecified atom stereocenters. The predicted molar refractivity (Wildman–Crippen MR) is 108 cm³/mol. The molecule has 1 heterocycles. The number of ether oxygens (including phenoxy) is 1. The molecule has 0 fully saturated rings. The molecule has 0 saturated heterocycles. The number of amides is 1. The minimum atomic E-state index is -0.212. The van der Waals surface area contributed by atoms with E-state index in [0.717, 1.165) is 10.1 Å². The van der Waals surface area contributed by atoms with Crippen LogP contribution in [0, 0.1) is 5.82 Å². The van der Waals surface area contributed by atoms with Gasteiger partial charge in [-0.3, -0.25) is 4.79 Å². The first-order valence-corrected chi connectivity index (χ1v) is 10.3. The number of carbonyl (C=O) groups is 1. The summed E-state index contributed by atoms with van der Waals surface area (Å²) in [5, 5.41) is 4.71. The van der Waals surface area contributed by atoms with Gasteiger partial charge in [-0.05, 0) is 42.8 Å². The number of nitrogens with one attached hydrogen (secondary N) is 1. The molecule has 3 rings (SSSR count). The van der Waals surface area contributed by atoms with E-state index in [0.29, 0.717) is 29.3 Å². The van der Waals surface area contributed by atoms with Crippen molar-refractivity contribution in [2.75, 3.05) is 11.9 Å². The Hall–Kier alpha value is -2.38. The maximum Gasteiger partial charge on any atom is 0.230 e. The van der Waals surface area contributed by atoms with Crippen LogP contribution in [-0.2, 0) is 17.0 Å². The third kappa shape index (κ3) is 5.80. The predicted octanol–water partition coefficient (Wildman–Crippen LogP) is 5.15. The van der Waals surface area contributed by atoms with Crippen molar-refractivity contribution in [1.29, 1.82) is 0 Å². The van der Waals surface area contributed by atoms with Crippen LogP contribution in [0.1, 0.15) is 18.2 Å². The van der Waals surface area contributed by atoms with Crippen LogP contribution in [0.2, 0.25) is 0 Å². The summed E-state index contributed by atoms with van der Waals surface area (Å²) in [4.78, 5) is 16.6. The zero-order valence-corrected chi connectivity index (χ0v) is 16.4. The van der Waals surface area contributed by atoms with E-state index in [2.05, 4.69) is 10.3 Å². The van der Waals surface area contributed by atoms with E-state index in [4.69, 9.17) is 4.74 Å². The number of carbonyl (C=O) groups excluding carboxylic acids is 1. The lowest BCUT2D eigenvalue weighted by Crippen LogP contribution is -2.14. The smallest absolute Gasteiger partial charge is 0.230 e. The minimum absolute atomic E-state index is 0.130. The molecule has 1 amide bonds. The first kappa shape index (κ1) is 19.4. The van der Waals surface area contributed by atoms with Crippen LogP contribution < -0.4 is 10.1 Å².